The van der Waals surface area contributed by atoms with Gasteiger partial charge in [0.2, 0.25) is 0 Å². The Morgan fingerprint density at radius 1 is 1.37 bits per heavy atom. The van der Waals surface area contributed by atoms with Gasteiger partial charge < -0.3 is 24.6 Å². The Hall–Kier alpha value is -2.87. The number of esters is 1. The van der Waals surface area contributed by atoms with Gasteiger partial charge in [-0.1, -0.05) is 6.92 Å². The van der Waals surface area contributed by atoms with Gasteiger partial charge in [-0.2, -0.15) is 0 Å². The second kappa shape index (κ2) is 7.79. The third-order valence-electron chi connectivity index (χ3n) is 4.61. The summed E-state index contributed by atoms with van der Waals surface area (Å²) < 4.78 is 6.95. The number of anilines is 1. The molecule has 27 heavy (non-hydrogen) atoms. The lowest BCUT2D eigenvalue weighted by Crippen LogP contribution is -2.31. The van der Waals surface area contributed by atoms with Gasteiger partial charge in [0.15, 0.2) is 0 Å². The number of methoxy groups -OCH3 is 1. The smallest absolute Gasteiger partial charge is 0.337 e. The topological polar surface area (TPSA) is 96.7 Å². The Kier molecular flexibility index (Phi) is 5.46. The van der Waals surface area contributed by atoms with Gasteiger partial charge in [-0.05, 0) is 31.5 Å². The lowest BCUT2D eigenvalue weighted by atomic mass is 10.2. The molecule has 2 aromatic rings. The molecular formula is C19H24N4O4. The van der Waals surface area contributed by atoms with E-state index in [-0.39, 0.29) is 36.9 Å². The fraction of sp³-hybridized carbons (Fsp3) is 0.421. The van der Waals surface area contributed by atoms with Crippen molar-refractivity contribution in [1.29, 1.82) is 0 Å². The molecule has 0 fully saturated rings. The lowest BCUT2D eigenvalue weighted by molar-refractivity contribution is -0.136. The van der Waals surface area contributed by atoms with Crippen molar-refractivity contribution >= 4 is 28.6 Å². The zero-order chi connectivity index (χ0) is 19.6. The van der Waals surface area contributed by atoms with Gasteiger partial charge in [-0.25, -0.2) is 9.78 Å². The maximum absolute atomic E-state index is 12.6. The number of ether oxygens (including phenoxy) is 1. The van der Waals surface area contributed by atoms with Crippen molar-refractivity contribution in [3.05, 3.63) is 35.3 Å². The van der Waals surface area contributed by atoms with Crippen LogP contribution >= 0.6 is 0 Å². The SMILES string of the molecule is CCCn1c(C)nc2cc(NC3=C(C(=O)OC)CN(CCO)C3=O)ccc21. The van der Waals surface area contributed by atoms with Gasteiger partial charge in [0.25, 0.3) is 5.91 Å². The van der Waals surface area contributed by atoms with Crippen LogP contribution in [-0.2, 0) is 20.9 Å². The zero-order valence-electron chi connectivity index (χ0n) is 15.8. The number of carbonyl (C=O) groups is 2. The molecule has 0 saturated carbocycles. The summed E-state index contributed by atoms with van der Waals surface area (Å²) in [6.45, 7) is 5.07. The molecule has 3 rings (SSSR count). The molecule has 1 aromatic heterocycles. The standard InChI is InChI=1S/C19H24N4O4/c1-4-7-23-12(2)20-15-10-13(5-6-16(15)23)21-17-14(19(26)27-3)11-22(8-9-24)18(17)25/h5-6,10,21,24H,4,7-9,11H2,1-3H3. The molecule has 144 valence electrons. The molecule has 2 heterocycles. The van der Waals surface area contributed by atoms with E-state index in [1.807, 2.05) is 25.1 Å². The molecule has 0 saturated heterocycles. The number of carbonyl (C=O) groups excluding carboxylic acids is 2. The van der Waals surface area contributed by atoms with Crippen LogP contribution in [-0.4, -0.2) is 58.2 Å². The van der Waals surface area contributed by atoms with Crippen molar-refractivity contribution in [2.24, 2.45) is 0 Å². The van der Waals surface area contributed by atoms with E-state index in [1.54, 1.807) is 0 Å². The van der Waals surface area contributed by atoms with Crippen molar-refractivity contribution in [1.82, 2.24) is 14.5 Å². The molecule has 0 spiro atoms. The number of aliphatic hydroxyl groups is 1. The minimum Gasteiger partial charge on any atom is -0.466 e. The Morgan fingerprint density at radius 2 is 2.15 bits per heavy atom. The highest BCUT2D eigenvalue weighted by atomic mass is 16.5. The van der Waals surface area contributed by atoms with Crippen molar-refractivity contribution in [3.8, 4) is 0 Å². The molecule has 2 N–H and O–H groups in total. The van der Waals surface area contributed by atoms with Crippen LogP contribution in [0.4, 0.5) is 5.69 Å². The number of imidazole rings is 1. The van der Waals surface area contributed by atoms with Gasteiger partial charge >= 0.3 is 5.97 Å². The Balaban J connectivity index is 1.94. The van der Waals surface area contributed by atoms with Crippen LogP contribution < -0.4 is 5.32 Å². The molecule has 1 aliphatic rings. The largest absolute Gasteiger partial charge is 0.466 e. The van der Waals surface area contributed by atoms with E-state index in [9.17, 15) is 9.59 Å². The molecule has 1 amide bonds. The van der Waals surface area contributed by atoms with E-state index in [4.69, 9.17) is 9.84 Å². The van der Waals surface area contributed by atoms with Crippen molar-refractivity contribution in [2.75, 3.05) is 32.1 Å². The Labute approximate surface area is 157 Å². The van der Waals surface area contributed by atoms with Crippen molar-refractivity contribution in [3.63, 3.8) is 0 Å². The molecule has 8 heteroatoms. The number of hydrogen-bond donors (Lipinski definition) is 2. The van der Waals surface area contributed by atoms with Crippen molar-refractivity contribution in [2.45, 2.75) is 26.8 Å². The first kappa shape index (κ1) is 18.9. The number of fused-ring (bicyclic) bond motifs is 1. The number of nitrogens with zero attached hydrogens (tertiary/aromatic N) is 3. The van der Waals surface area contributed by atoms with Gasteiger partial charge in [0, 0.05) is 18.8 Å². The van der Waals surface area contributed by atoms with Gasteiger partial charge in [-0.3, -0.25) is 4.79 Å². The average Bonchev–Trinajstić information content (AvgIpc) is 3.13. The Morgan fingerprint density at radius 3 is 2.81 bits per heavy atom. The number of aryl methyl sites for hydroxylation is 2. The molecule has 0 aliphatic carbocycles. The van der Waals surface area contributed by atoms with E-state index >= 15 is 0 Å². The third-order valence-corrected chi connectivity index (χ3v) is 4.61. The normalized spacial score (nSPS) is 14.4. The lowest BCUT2D eigenvalue weighted by Gasteiger charge is -2.15. The quantitative estimate of drug-likeness (QED) is 0.714. The van der Waals surface area contributed by atoms with E-state index in [2.05, 4.69) is 21.8 Å². The summed E-state index contributed by atoms with van der Waals surface area (Å²) in [4.78, 5) is 30.7. The predicted octanol–water partition coefficient (Wildman–Crippen LogP) is 1.43. The minimum absolute atomic E-state index is 0.112. The molecule has 1 aromatic carbocycles. The molecule has 0 bridgehead atoms. The zero-order valence-corrected chi connectivity index (χ0v) is 15.8. The molecule has 0 atom stereocenters. The molecule has 1 aliphatic heterocycles. The summed E-state index contributed by atoms with van der Waals surface area (Å²) >= 11 is 0. The van der Waals surface area contributed by atoms with Gasteiger partial charge in [-0.15, -0.1) is 0 Å². The molecule has 8 nitrogen and oxygen atoms in total. The molecule has 0 radical (unpaired) electrons. The third kappa shape index (κ3) is 3.52. The number of hydrogen-bond acceptors (Lipinski definition) is 6. The number of aliphatic hydroxyl groups excluding tert-OH is 1. The average molecular weight is 372 g/mol. The van der Waals surface area contributed by atoms with E-state index < -0.39 is 5.97 Å². The summed E-state index contributed by atoms with van der Waals surface area (Å²) in [5, 5.41) is 12.2. The molecule has 0 unspecified atom stereocenters. The second-order valence-corrected chi connectivity index (χ2v) is 6.43. The summed E-state index contributed by atoms with van der Waals surface area (Å²) in [6.07, 6.45) is 1.01. The van der Waals surface area contributed by atoms with Gasteiger partial charge in [0.1, 0.15) is 11.5 Å². The van der Waals surface area contributed by atoms with Crippen LogP contribution in [0.25, 0.3) is 11.0 Å². The molecular weight excluding hydrogens is 348 g/mol. The second-order valence-electron chi connectivity index (χ2n) is 6.43. The number of aromatic nitrogens is 2. The van der Waals surface area contributed by atoms with E-state index in [1.165, 1.54) is 12.0 Å². The van der Waals surface area contributed by atoms with Crippen LogP contribution in [0.2, 0.25) is 0 Å². The number of benzene rings is 1. The van der Waals surface area contributed by atoms with Crippen LogP contribution in [0, 0.1) is 6.92 Å². The van der Waals surface area contributed by atoms with Crippen LogP contribution in [0.3, 0.4) is 0 Å². The highest BCUT2D eigenvalue weighted by Gasteiger charge is 2.34. The fourth-order valence-corrected chi connectivity index (χ4v) is 3.33. The summed E-state index contributed by atoms with van der Waals surface area (Å²) in [7, 11) is 1.28. The van der Waals surface area contributed by atoms with Crippen LogP contribution in [0.15, 0.2) is 29.5 Å². The van der Waals surface area contributed by atoms with Crippen molar-refractivity contribution < 1.29 is 19.4 Å². The maximum Gasteiger partial charge on any atom is 0.337 e. The van der Waals surface area contributed by atoms with Crippen LogP contribution in [0.1, 0.15) is 19.2 Å². The minimum atomic E-state index is -0.560. The summed E-state index contributed by atoms with van der Waals surface area (Å²) in [6, 6.07) is 5.68. The number of amides is 1. The number of rotatable bonds is 7. The maximum atomic E-state index is 12.6. The number of β-amino-alcohol motifs (C(OH)–C–C–N with tert-alkyl or cyclic N) is 1. The monoisotopic (exact) mass is 372 g/mol. The Bertz CT molecular complexity index is 916. The first-order valence-electron chi connectivity index (χ1n) is 8.95. The fourth-order valence-electron chi connectivity index (χ4n) is 3.33. The summed E-state index contributed by atoms with van der Waals surface area (Å²) in [5.41, 5.74) is 2.95. The van der Waals surface area contributed by atoms with E-state index in [0.717, 1.165) is 29.8 Å². The predicted molar refractivity (Wildman–Crippen MR) is 101 cm³/mol. The van der Waals surface area contributed by atoms with E-state index in [0.29, 0.717) is 5.69 Å². The van der Waals surface area contributed by atoms with Gasteiger partial charge in [0.05, 0.1) is 36.9 Å². The van der Waals surface area contributed by atoms with Crippen LogP contribution in [0.5, 0.6) is 0 Å². The first-order valence-corrected chi connectivity index (χ1v) is 8.95. The highest BCUT2D eigenvalue weighted by molar-refractivity contribution is 6.08. The number of nitrogens with one attached hydrogen (secondary N) is 1. The summed E-state index contributed by atoms with van der Waals surface area (Å²) in [5.74, 6) is 0.0391. The first-order chi connectivity index (χ1) is 13.0. The highest BCUT2D eigenvalue weighted by Crippen LogP contribution is 2.25.